The summed E-state index contributed by atoms with van der Waals surface area (Å²) in [6, 6.07) is 8.34. The number of aromatic nitrogens is 1. The molecule has 2 aromatic rings. The molecule has 1 unspecified atom stereocenters. The fraction of sp³-hybridized carbons (Fsp3) is 0.462. The molecule has 0 aliphatic rings. The van der Waals surface area contributed by atoms with E-state index in [1.165, 1.54) is 21.9 Å². The maximum absolute atomic E-state index is 4.62. The molecule has 1 atom stereocenters. The highest BCUT2D eigenvalue weighted by molar-refractivity contribution is 8.01. The summed E-state index contributed by atoms with van der Waals surface area (Å²) < 4.78 is 2.49. The lowest BCUT2D eigenvalue weighted by Gasteiger charge is -2.07. The Bertz CT molecular complexity index is 433. The lowest BCUT2D eigenvalue weighted by atomic mass is 10.1. The van der Waals surface area contributed by atoms with E-state index in [1.54, 1.807) is 11.3 Å². The van der Waals surface area contributed by atoms with Gasteiger partial charge in [-0.2, -0.15) is 12.6 Å². The van der Waals surface area contributed by atoms with E-state index < -0.39 is 0 Å². The number of thiol groups is 1. The van der Waals surface area contributed by atoms with Gasteiger partial charge in [-0.15, -0.1) is 11.3 Å². The van der Waals surface area contributed by atoms with Gasteiger partial charge in [-0.05, 0) is 36.6 Å². The van der Waals surface area contributed by atoms with Gasteiger partial charge >= 0.3 is 0 Å². The van der Waals surface area contributed by atoms with E-state index in [0.717, 1.165) is 22.9 Å². The van der Waals surface area contributed by atoms with Gasteiger partial charge in [0.05, 0.1) is 10.2 Å². The van der Waals surface area contributed by atoms with Crippen molar-refractivity contribution in [3.05, 3.63) is 24.3 Å². The zero-order valence-corrected chi connectivity index (χ0v) is 12.5. The van der Waals surface area contributed by atoms with Crippen LogP contribution in [-0.4, -0.2) is 16.5 Å². The summed E-state index contributed by atoms with van der Waals surface area (Å²) in [5.41, 5.74) is 1.13. The number of fused-ring (bicyclic) bond motifs is 1. The second-order valence-electron chi connectivity index (χ2n) is 4.20. The monoisotopic (exact) mass is 283 g/mol. The van der Waals surface area contributed by atoms with Crippen molar-refractivity contribution < 1.29 is 0 Å². The largest absolute Gasteiger partial charge is 0.230 e. The number of thiazole rings is 1. The first kappa shape index (κ1) is 13.2. The Hall–Kier alpha value is -0.190. The van der Waals surface area contributed by atoms with Crippen LogP contribution < -0.4 is 0 Å². The van der Waals surface area contributed by atoms with Crippen molar-refractivity contribution in [3.63, 3.8) is 0 Å². The molecule has 1 aromatic heterocycles. The zero-order chi connectivity index (χ0) is 12.1. The van der Waals surface area contributed by atoms with Gasteiger partial charge in [0.25, 0.3) is 0 Å². The minimum atomic E-state index is 0.773. The second-order valence-corrected chi connectivity index (χ2v) is 7.02. The van der Waals surface area contributed by atoms with E-state index in [0.29, 0.717) is 0 Å². The van der Waals surface area contributed by atoms with Crippen LogP contribution in [0.3, 0.4) is 0 Å². The molecule has 0 saturated heterocycles. The molecule has 0 spiro atoms. The number of thioether (sulfide) groups is 1. The van der Waals surface area contributed by atoms with Crippen molar-refractivity contribution >= 4 is 45.9 Å². The third-order valence-corrected chi connectivity index (χ3v) is 5.20. The van der Waals surface area contributed by atoms with Gasteiger partial charge in [-0.25, -0.2) is 4.98 Å². The summed E-state index contributed by atoms with van der Waals surface area (Å²) in [4.78, 5) is 4.62. The van der Waals surface area contributed by atoms with Crippen molar-refractivity contribution in [2.45, 2.75) is 24.1 Å². The summed E-state index contributed by atoms with van der Waals surface area (Å²) >= 11 is 7.95. The Balaban J connectivity index is 1.86. The van der Waals surface area contributed by atoms with Gasteiger partial charge in [-0.3, -0.25) is 0 Å². The van der Waals surface area contributed by atoms with Crippen LogP contribution in [-0.2, 0) is 0 Å². The molecule has 92 valence electrons. The molecule has 4 heteroatoms. The van der Waals surface area contributed by atoms with Crippen molar-refractivity contribution in [2.75, 3.05) is 11.5 Å². The maximum atomic E-state index is 4.62. The third-order valence-electron chi connectivity index (χ3n) is 2.73. The van der Waals surface area contributed by atoms with E-state index in [9.17, 15) is 0 Å². The molecule has 2 rings (SSSR count). The summed E-state index contributed by atoms with van der Waals surface area (Å²) in [7, 11) is 0. The number of hydrogen-bond acceptors (Lipinski definition) is 4. The van der Waals surface area contributed by atoms with Crippen LogP contribution in [0.2, 0.25) is 0 Å². The zero-order valence-electron chi connectivity index (χ0n) is 9.93. The van der Waals surface area contributed by atoms with Gasteiger partial charge in [0.2, 0.25) is 0 Å². The highest BCUT2D eigenvalue weighted by Gasteiger charge is 2.05. The minimum Gasteiger partial charge on any atom is -0.230 e. The van der Waals surface area contributed by atoms with E-state index in [-0.39, 0.29) is 0 Å². The molecule has 0 saturated carbocycles. The number of benzene rings is 1. The van der Waals surface area contributed by atoms with Crippen molar-refractivity contribution in [1.29, 1.82) is 0 Å². The standard InChI is InChI=1S/C13H17NS3/c1-10(6-8-15)7-9-16-13-14-11-4-2-3-5-12(11)17-13/h2-5,10,15H,6-9H2,1H3. The summed E-state index contributed by atoms with van der Waals surface area (Å²) in [5, 5.41) is 0. The van der Waals surface area contributed by atoms with Crippen molar-refractivity contribution in [2.24, 2.45) is 5.92 Å². The average Bonchev–Trinajstić information content (AvgIpc) is 2.71. The van der Waals surface area contributed by atoms with Crippen LogP contribution in [0.5, 0.6) is 0 Å². The first-order valence-electron chi connectivity index (χ1n) is 5.89. The topological polar surface area (TPSA) is 12.9 Å². The number of rotatable bonds is 6. The molecule has 0 aliphatic carbocycles. The van der Waals surface area contributed by atoms with Crippen LogP contribution in [0.1, 0.15) is 19.8 Å². The predicted molar refractivity (Wildman–Crippen MR) is 82.6 cm³/mol. The molecular weight excluding hydrogens is 266 g/mol. The molecule has 0 amide bonds. The number of hydrogen-bond donors (Lipinski definition) is 1. The van der Waals surface area contributed by atoms with E-state index in [1.807, 2.05) is 17.8 Å². The van der Waals surface area contributed by atoms with Crippen LogP contribution in [0.15, 0.2) is 28.6 Å². The lowest BCUT2D eigenvalue weighted by molar-refractivity contribution is 0.554. The van der Waals surface area contributed by atoms with Crippen LogP contribution in [0.4, 0.5) is 0 Å². The molecule has 17 heavy (non-hydrogen) atoms. The minimum absolute atomic E-state index is 0.773. The predicted octanol–water partition coefficient (Wildman–Crippen LogP) is 4.73. The molecule has 0 bridgehead atoms. The van der Waals surface area contributed by atoms with E-state index >= 15 is 0 Å². The molecule has 1 nitrogen and oxygen atoms in total. The quantitative estimate of drug-likeness (QED) is 0.608. The third kappa shape index (κ3) is 3.90. The maximum Gasteiger partial charge on any atom is 0.151 e. The Morgan fingerprint density at radius 1 is 1.35 bits per heavy atom. The van der Waals surface area contributed by atoms with Gasteiger partial charge in [-0.1, -0.05) is 30.8 Å². The fourth-order valence-corrected chi connectivity index (χ4v) is 4.38. The smallest absolute Gasteiger partial charge is 0.151 e. The Morgan fingerprint density at radius 2 is 2.18 bits per heavy atom. The van der Waals surface area contributed by atoms with E-state index in [2.05, 4.69) is 42.7 Å². The summed E-state index contributed by atoms with van der Waals surface area (Å²) in [6.45, 7) is 2.30. The lowest BCUT2D eigenvalue weighted by Crippen LogP contribution is -1.96. The molecule has 0 N–H and O–H groups in total. The molecule has 1 heterocycles. The average molecular weight is 283 g/mol. The molecule has 0 radical (unpaired) electrons. The highest BCUT2D eigenvalue weighted by atomic mass is 32.2. The van der Waals surface area contributed by atoms with E-state index in [4.69, 9.17) is 0 Å². The molecular formula is C13H17NS3. The van der Waals surface area contributed by atoms with Crippen molar-refractivity contribution in [1.82, 2.24) is 4.98 Å². The second kappa shape index (κ2) is 6.66. The Labute approximate surface area is 116 Å². The van der Waals surface area contributed by atoms with Crippen LogP contribution in [0, 0.1) is 5.92 Å². The van der Waals surface area contributed by atoms with Gasteiger partial charge in [0, 0.05) is 5.75 Å². The Kier molecular flexibility index (Phi) is 5.19. The van der Waals surface area contributed by atoms with Gasteiger partial charge in [0.1, 0.15) is 0 Å². The first-order valence-corrected chi connectivity index (χ1v) is 8.32. The van der Waals surface area contributed by atoms with Gasteiger partial charge < -0.3 is 0 Å². The molecule has 1 aromatic carbocycles. The number of nitrogens with zero attached hydrogens (tertiary/aromatic N) is 1. The first-order chi connectivity index (χ1) is 8.29. The Morgan fingerprint density at radius 3 is 2.94 bits per heavy atom. The number of para-hydroxylation sites is 1. The van der Waals surface area contributed by atoms with Crippen LogP contribution >= 0.6 is 35.7 Å². The fourth-order valence-electron chi connectivity index (χ4n) is 1.62. The summed E-state index contributed by atoms with van der Waals surface area (Å²) in [5.74, 6) is 2.93. The molecule has 0 aliphatic heterocycles. The normalized spacial score (nSPS) is 13.1. The van der Waals surface area contributed by atoms with Gasteiger partial charge in [0.15, 0.2) is 4.34 Å². The highest BCUT2D eigenvalue weighted by Crippen LogP contribution is 2.30. The SMILES string of the molecule is CC(CCS)CCSc1nc2ccccc2s1. The molecule has 0 fully saturated rings. The van der Waals surface area contributed by atoms with Crippen molar-refractivity contribution in [3.8, 4) is 0 Å². The summed E-state index contributed by atoms with van der Waals surface area (Å²) in [6.07, 6.45) is 2.46. The van der Waals surface area contributed by atoms with Crippen LogP contribution in [0.25, 0.3) is 10.2 Å².